The quantitative estimate of drug-likeness (QED) is 0.456. The van der Waals surface area contributed by atoms with Crippen molar-refractivity contribution >= 4 is 50.6 Å². The summed E-state index contributed by atoms with van der Waals surface area (Å²) >= 11 is 14.3. The summed E-state index contributed by atoms with van der Waals surface area (Å²) in [5.41, 5.74) is 1.24. The lowest BCUT2D eigenvalue weighted by atomic mass is 10.0. The normalized spacial score (nSPS) is 12.1. The van der Waals surface area contributed by atoms with Gasteiger partial charge in [0.15, 0.2) is 0 Å². The van der Waals surface area contributed by atoms with E-state index in [0.717, 1.165) is 5.02 Å². The second kappa shape index (κ2) is 7.68. The molecular weight excluding hydrogens is 383 g/mol. The molecule has 3 rings (SSSR count). The molecule has 0 aliphatic heterocycles. The van der Waals surface area contributed by atoms with Gasteiger partial charge in [-0.1, -0.05) is 96.2 Å². The second-order valence-corrected chi connectivity index (χ2v) is 14.6. The molecule has 0 saturated heterocycles. The van der Waals surface area contributed by atoms with Gasteiger partial charge in [0.2, 0.25) is 0 Å². The summed E-state index contributed by atoms with van der Waals surface area (Å²) in [6.07, 6.45) is 0. The molecule has 0 aliphatic carbocycles. The van der Waals surface area contributed by atoms with E-state index < -0.39 is 5.24 Å². The van der Waals surface area contributed by atoms with Gasteiger partial charge in [-0.15, -0.1) is 11.4 Å². The summed E-state index contributed by atoms with van der Waals surface area (Å²) in [4.78, 5) is 0. The predicted octanol–water partition coefficient (Wildman–Crippen LogP) is 6.35. The van der Waals surface area contributed by atoms with Crippen molar-refractivity contribution in [3.8, 4) is 0 Å². The van der Waals surface area contributed by atoms with Gasteiger partial charge in [0.25, 0.3) is 0 Å². The Balaban J connectivity index is 2.07. The van der Waals surface area contributed by atoms with Crippen LogP contribution in [0.25, 0.3) is 0 Å². The average Bonchev–Trinajstić information content (AvgIpc) is 2.63. The minimum absolute atomic E-state index is 0.119. The fourth-order valence-corrected chi connectivity index (χ4v) is 11.4. The van der Waals surface area contributed by atoms with Crippen LogP contribution in [0.3, 0.4) is 0 Å². The zero-order valence-electron chi connectivity index (χ0n) is 14.2. The molecule has 0 fully saturated rings. The fraction of sp³-hybridized carbons (Fsp3) is 0.143. The van der Waals surface area contributed by atoms with E-state index in [9.17, 15) is 0 Å². The highest BCUT2D eigenvalue weighted by Gasteiger charge is 2.33. The molecule has 0 bridgehead atoms. The van der Waals surface area contributed by atoms with E-state index in [0.29, 0.717) is 0 Å². The molecule has 0 amide bonds. The molecule has 0 aliphatic rings. The first-order chi connectivity index (χ1) is 11.9. The van der Waals surface area contributed by atoms with Crippen molar-refractivity contribution in [1.29, 1.82) is 0 Å². The third kappa shape index (κ3) is 4.20. The Hall–Kier alpha value is -1.05. The molecule has 0 heterocycles. The highest BCUT2D eigenvalue weighted by atomic mass is 35.5. The van der Waals surface area contributed by atoms with Crippen molar-refractivity contribution < 1.29 is 0 Å². The summed E-state index contributed by atoms with van der Waals surface area (Å²) in [6.45, 7) is 4.49. The summed E-state index contributed by atoms with van der Waals surface area (Å²) in [6, 6.07) is 29.2. The minimum atomic E-state index is -2.01. The van der Waals surface area contributed by atoms with Gasteiger partial charge in [0.05, 0.1) is 5.24 Å². The van der Waals surface area contributed by atoms with Crippen molar-refractivity contribution in [2.24, 2.45) is 0 Å². The van der Waals surface area contributed by atoms with E-state index in [1.54, 1.807) is 0 Å². The standard InChI is InChI=1S/C21H20ClPS2/c1-21(2,17-13-15-18(22)16-14-17)25-23(24,19-9-5-3-6-10-19)20-11-7-4-8-12-20/h3-16H,1-2H3. The first-order valence-electron chi connectivity index (χ1n) is 8.10. The summed E-state index contributed by atoms with van der Waals surface area (Å²) < 4.78 is -0.119. The lowest BCUT2D eigenvalue weighted by molar-refractivity contribution is 0.789. The van der Waals surface area contributed by atoms with Crippen molar-refractivity contribution in [2.75, 3.05) is 0 Å². The van der Waals surface area contributed by atoms with Gasteiger partial charge < -0.3 is 0 Å². The molecule has 4 heteroatoms. The molecule has 128 valence electrons. The SMILES string of the molecule is CC(C)(SP(=S)(c1ccccc1)c1ccccc1)c1ccc(Cl)cc1. The van der Waals surface area contributed by atoms with Crippen molar-refractivity contribution in [2.45, 2.75) is 18.6 Å². The molecule has 3 aromatic carbocycles. The number of halogens is 1. The Morgan fingerprint density at radius 2 is 1.20 bits per heavy atom. The third-order valence-corrected chi connectivity index (χ3v) is 12.6. The maximum atomic E-state index is 6.36. The Kier molecular flexibility index (Phi) is 5.75. The molecule has 25 heavy (non-hydrogen) atoms. The van der Waals surface area contributed by atoms with Gasteiger partial charge >= 0.3 is 0 Å². The summed E-state index contributed by atoms with van der Waals surface area (Å²) in [5, 5.41) is 1.23. The first kappa shape index (κ1) is 18.7. The van der Waals surface area contributed by atoms with E-state index in [1.165, 1.54) is 16.2 Å². The van der Waals surface area contributed by atoms with E-state index in [1.807, 2.05) is 35.6 Å². The van der Waals surface area contributed by atoms with Gasteiger partial charge in [-0.2, -0.15) is 0 Å². The third-order valence-electron chi connectivity index (χ3n) is 4.09. The van der Waals surface area contributed by atoms with Crippen LogP contribution < -0.4 is 10.6 Å². The molecule has 0 saturated carbocycles. The smallest absolute Gasteiger partial charge is 0.0621 e. The fourth-order valence-electron chi connectivity index (χ4n) is 2.73. The summed E-state index contributed by atoms with van der Waals surface area (Å²) in [5.74, 6) is 0. The Morgan fingerprint density at radius 1 is 0.760 bits per heavy atom. The Morgan fingerprint density at radius 3 is 1.64 bits per heavy atom. The monoisotopic (exact) mass is 402 g/mol. The number of hydrogen-bond acceptors (Lipinski definition) is 2. The molecule has 0 aromatic heterocycles. The molecule has 0 N–H and O–H groups in total. The summed E-state index contributed by atoms with van der Waals surface area (Å²) in [7, 11) is 0. The molecule has 0 unspecified atom stereocenters. The molecule has 0 radical (unpaired) electrons. The van der Waals surface area contributed by atoms with Crippen LogP contribution in [0.4, 0.5) is 0 Å². The van der Waals surface area contributed by atoms with Gasteiger partial charge in [-0.25, -0.2) is 0 Å². The van der Waals surface area contributed by atoms with Crippen LogP contribution in [0, 0.1) is 0 Å². The van der Waals surface area contributed by atoms with E-state index in [2.05, 4.69) is 74.5 Å². The Labute approximate surface area is 164 Å². The van der Waals surface area contributed by atoms with Crippen LogP contribution in [-0.4, -0.2) is 0 Å². The molecular formula is C21H20ClPS2. The molecule has 0 atom stereocenters. The van der Waals surface area contributed by atoms with E-state index in [4.69, 9.17) is 23.4 Å². The average molecular weight is 403 g/mol. The Bertz CT molecular complexity index is 831. The van der Waals surface area contributed by atoms with Crippen molar-refractivity contribution in [3.05, 3.63) is 95.5 Å². The van der Waals surface area contributed by atoms with Gasteiger partial charge in [-0.3, -0.25) is 0 Å². The van der Waals surface area contributed by atoms with E-state index >= 15 is 0 Å². The highest BCUT2D eigenvalue weighted by molar-refractivity contribution is 8.75. The molecule has 0 nitrogen and oxygen atoms in total. The van der Waals surface area contributed by atoms with E-state index in [-0.39, 0.29) is 4.75 Å². The zero-order chi connectivity index (χ0) is 17.9. The predicted molar refractivity (Wildman–Crippen MR) is 119 cm³/mol. The largest absolute Gasteiger partial charge is 0.104 e. The number of rotatable bonds is 5. The van der Waals surface area contributed by atoms with Crippen molar-refractivity contribution in [3.63, 3.8) is 0 Å². The highest BCUT2D eigenvalue weighted by Crippen LogP contribution is 2.64. The van der Waals surface area contributed by atoms with Crippen LogP contribution in [0.5, 0.6) is 0 Å². The maximum absolute atomic E-state index is 6.36. The topological polar surface area (TPSA) is 0 Å². The van der Waals surface area contributed by atoms with Crippen LogP contribution >= 0.6 is 28.2 Å². The van der Waals surface area contributed by atoms with Gasteiger partial charge in [-0.05, 0) is 42.2 Å². The van der Waals surface area contributed by atoms with Gasteiger partial charge in [0.1, 0.15) is 0 Å². The van der Waals surface area contributed by atoms with Crippen molar-refractivity contribution in [1.82, 2.24) is 0 Å². The second-order valence-electron chi connectivity index (χ2n) is 6.33. The zero-order valence-corrected chi connectivity index (χ0v) is 17.5. The minimum Gasteiger partial charge on any atom is -0.104 e. The maximum Gasteiger partial charge on any atom is 0.0621 e. The van der Waals surface area contributed by atoms with Gasteiger partial charge in [0, 0.05) is 9.77 Å². The number of benzene rings is 3. The van der Waals surface area contributed by atoms with Crippen LogP contribution in [0.15, 0.2) is 84.9 Å². The first-order valence-corrected chi connectivity index (χ1v) is 12.7. The lowest BCUT2D eigenvalue weighted by Gasteiger charge is -2.33. The van der Waals surface area contributed by atoms with Crippen LogP contribution in [0.2, 0.25) is 5.02 Å². The lowest BCUT2D eigenvalue weighted by Crippen LogP contribution is -2.19. The number of hydrogen-bond donors (Lipinski definition) is 0. The molecule has 0 spiro atoms. The molecule has 3 aromatic rings. The van der Waals surface area contributed by atoms with Crippen LogP contribution in [0.1, 0.15) is 19.4 Å². The van der Waals surface area contributed by atoms with Crippen LogP contribution in [-0.2, 0) is 16.6 Å².